The summed E-state index contributed by atoms with van der Waals surface area (Å²) in [6.45, 7) is 0. The first-order valence-electron chi connectivity index (χ1n) is 4.42. The van der Waals surface area contributed by atoms with Gasteiger partial charge in [-0.3, -0.25) is 0 Å². The maximum absolute atomic E-state index is 5.78. The Kier molecular flexibility index (Phi) is 5.51. The molecule has 0 unspecified atom stereocenters. The number of nitrogens with zero attached hydrogens (tertiary/aromatic N) is 2. The fourth-order valence-corrected chi connectivity index (χ4v) is 2.21. The van der Waals surface area contributed by atoms with Gasteiger partial charge in [-0.05, 0) is 0 Å². The van der Waals surface area contributed by atoms with Crippen molar-refractivity contribution in [2.45, 2.75) is 0 Å². The molecule has 0 N–H and O–H groups in total. The standard InChI is InChI=1S/C10H8ClN2O2Se.Na/c1-14-7-3-5-6(4-8(7)15-2)12-10(11)13-9(5)16;/h3-4H,1-2H3;. The molecule has 1 aromatic carbocycles. The Morgan fingerprint density at radius 3 is 2.29 bits per heavy atom. The summed E-state index contributed by atoms with van der Waals surface area (Å²) < 4.78 is 11.1. The van der Waals surface area contributed by atoms with Crippen LogP contribution in [0.25, 0.3) is 10.9 Å². The van der Waals surface area contributed by atoms with Crippen LogP contribution in [-0.4, -0.2) is 69.8 Å². The van der Waals surface area contributed by atoms with Crippen molar-refractivity contribution in [2.24, 2.45) is 0 Å². The number of methoxy groups -OCH3 is 2. The minimum absolute atomic E-state index is 0. The Hall–Kier alpha value is -0.0305. The summed E-state index contributed by atoms with van der Waals surface area (Å²) in [6.07, 6.45) is 0. The maximum Gasteiger partial charge on any atom is 0 e. The third-order valence-electron chi connectivity index (χ3n) is 2.14. The molecule has 0 saturated carbocycles. The second-order valence-electron chi connectivity index (χ2n) is 3.02. The van der Waals surface area contributed by atoms with Crippen molar-refractivity contribution >= 4 is 72.7 Å². The monoisotopic (exact) mass is 326 g/mol. The molecule has 0 aliphatic heterocycles. The molecule has 17 heavy (non-hydrogen) atoms. The van der Waals surface area contributed by atoms with Gasteiger partial charge < -0.3 is 0 Å². The van der Waals surface area contributed by atoms with Crippen LogP contribution in [0.4, 0.5) is 0 Å². The van der Waals surface area contributed by atoms with Crippen LogP contribution in [0.1, 0.15) is 0 Å². The number of benzene rings is 1. The quantitative estimate of drug-likeness (QED) is 0.603. The van der Waals surface area contributed by atoms with E-state index in [1.165, 1.54) is 0 Å². The first-order chi connectivity index (χ1) is 7.65. The zero-order valence-corrected chi connectivity index (χ0v) is 14.1. The normalized spacial score (nSPS) is 9.82. The van der Waals surface area contributed by atoms with Crippen LogP contribution in [-0.2, 0) is 0 Å². The topological polar surface area (TPSA) is 44.2 Å². The van der Waals surface area contributed by atoms with Crippen LogP contribution in [0.3, 0.4) is 0 Å². The third-order valence-corrected chi connectivity index (χ3v) is 2.96. The van der Waals surface area contributed by atoms with Crippen molar-refractivity contribution in [3.63, 3.8) is 0 Å². The van der Waals surface area contributed by atoms with Crippen molar-refractivity contribution in [1.29, 1.82) is 0 Å². The Morgan fingerprint density at radius 2 is 1.71 bits per heavy atom. The molecule has 0 atom stereocenters. The van der Waals surface area contributed by atoms with Crippen LogP contribution < -0.4 is 14.1 Å². The van der Waals surface area contributed by atoms with E-state index < -0.39 is 0 Å². The Bertz CT molecular complexity index is 553. The van der Waals surface area contributed by atoms with E-state index in [9.17, 15) is 0 Å². The number of hydrogen-bond donors (Lipinski definition) is 0. The zero-order valence-electron chi connectivity index (χ0n) is 9.65. The number of hydrogen-bond acceptors (Lipinski definition) is 4. The van der Waals surface area contributed by atoms with Crippen molar-refractivity contribution in [1.82, 2.24) is 9.97 Å². The molecule has 0 aliphatic rings. The molecule has 1 aromatic heterocycles. The molecular weight excluding hydrogens is 318 g/mol. The Labute approximate surface area is 134 Å². The molecule has 2 rings (SSSR count). The molecule has 84 valence electrons. The fraction of sp³-hybridized carbons (Fsp3) is 0.200. The van der Waals surface area contributed by atoms with Crippen molar-refractivity contribution in [3.05, 3.63) is 17.4 Å². The second kappa shape index (κ2) is 6.23. The average molecular weight is 326 g/mol. The average Bonchev–Trinajstić information content (AvgIpc) is 2.27. The molecule has 0 aliphatic carbocycles. The third kappa shape index (κ3) is 3.05. The van der Waals surface area contributed by atoms with Gasteiger partial charge in [0.05, 0.1) is 0 Å². The summed E-state index contributed by atoms with van der Waals surface area (Å²) in [6, 6.07) is 3.58. The van der Waals surface area contributed by atoms with Gasteiger partial charge in [0.2, 0.25) is 0 Å². The molecule has 2 radical (unpaired) electrons. The van der Waals surface area contributed by atoms with Crippen LogP contribution in [0.15, 0.2) is 12.1 Å². The van der Waals surface area contributed by atoms with Crippen molar-refractivity contribution in [3.8, 4) is 11.5 Å². The number of halogens is 1. The largest absolute Gasteiger partial charge is 0 e. The van der Waals surface area contributed by atoms with E-state index in [2.05, 4.69) is 26.0 Å². The first kappa shape index (κ1) is 15.0. The van der Waals surface area contributed by atoms with Crippen LogP contribution in [0.2, 0.25) is 5.28 Å². The summed E-state index contributed by atoms with van der Waals surface area (Å²) in [5.41, 5.74) is 0.714. The van der Waals surface area contributed by atoms with Gasteiger partial charge in [0.25, 0.3) is 0 Å². The molecule has 0 amide bonds. The van der Waals surface area contributed by atoms with Crippen LogP contribution in [0.5, 0.6) is 11.5 Å². The molecule has 7 heteroatoms. The zero-order chi connectivity index (χ0) is 11.7. The molecule has 0 fully saturated rings. The Morgan fingerprint density at radius 1 is 1.12 bits per heavy atom. The van der Waals surface area contributed by atoms with E-state index in [1.54, 1.807) is 20.3 Å². The molecule has 2 aromatic rings. The predicted molar refractivity (Wildman–Crippen MR) is 68.8 cm³/mol. The van der Waals surface area contributed by atoms with Crippen LogP contribution >= 0.6 is 11.6 Å². The van der Waals surface area contributed by atoms with Gasteiger partial charge in [0.15, 0.2) is 0 Å². The molecular formula is C10H8ClN2NaO2Se. The van der Waals surface area contributed by atoms with Gasteiger partial charge >= 0.3 is 106 Å². The summed E-state index contributed by atoms with van der Waals surface area (Å²) >= 11 is 8.62. The van der Waals surface area contributed by atoms with Gasteiger partial charge in [-0.2, -0.15) is 0 Å². The number of ether oxygens (including phenoxy) is 2. The Balaban J connectivity index is 0.00000144. The van der Waals surface area contributed by atoms with Gasteiger partial charge in [-0.1, -0.05) is 0 Å². The summed E-state index contributed by atoms with van der Waals surface area (Å²) in [5, 5.41) is 1.05. The van der Waals surface area contributed by atoms with Gasteiger partial charge in [-0.15, -0.1) is 0 Å². The maximum atomic E-state index is 5.78. The fourth-order valence-electron chi connectivity index (χ4n) is 1.40. The minimum Gasteiger partial charge on any atom is 0 e. The molecule has 4 nitrogen and oxygen atoms in total. The van der Waals surface area contributed by atoms with E-state index in [0.29, 0.717) is 21.6 Å². The number of rotatable bonds is 2. The summed E-state index contributed by atoms with van der Waals surface area (Å²) in [7, 11) is 3.16. The van der Waals surface area contributed by atoms with E-state index in [4.69, 9.17) is 21.1 Å². The predicted octanol–water partition coefficient (Wildman–Crippen LogP) is 0.713. The SMILES string of the molecule is COc1cc2nc(Cl)nc([Se])c2cc1OC.[Na]. The summed E-state index contributed by atoms with van der Waals surface area (Å²) in [5.74, 6) is 1.25. The number of fused-ring (bicyclic) bond motifs is 1. The van der Waals surface area contributed by atoms with E-state index >= 15 is 0 Å². The van der Waals surface area contributed by atoms with Gasteiger partial charge in [0, 0.05) is 29.6 Å². The molecule has 0 saturated heterocycles. The minimum atomic E-state index is 0. The van der Waals surface area contributed by atoms with Crippen molar-refractivity contribution in [2.75, 3.05) is 14.2 Å². The summed E-state index contributed by atoms with van der Waals surface area (Å²) in [4.78, 5) is 8.15. The second-order valence-corrected chi connectivity index (χ2v) is 4.17. The number of aromatic nitrogens is 2. The van der Waals surface area contributed by atoms with Crippen LogP contribution in [0, 0.1) is 0 Å². The molecule has 0 bridgehead atoms. The molecule has 0 spiro atoms. The smallest absolute Gasteiger partial charge is 0 e. The van der Waals surface area contributed by atoms with E-state index in [-0.39, 0.29) is 34.8 Å². The van der Waals surface area contributed by atoms with E-state index in [0.717, 1.165) is 5.39 Å². The van der Waals surface area contributed by atoms with Gasteiger partial charge in [0.1, 0.15) is 0 Å². The van der Waals surface area contributed by atoms with E-state index in [1.807, 2.05) is 6.07 Å². The van der Waals surface area contributed by atoms with Crippen molar-refractivity contribution < 1.29 is 9.47 Å². The molecule has 1 heterocycles. The van der Waals surface area contributed by atoms with Gasteiger partial charge in [-0.25, -0.2) is 0 Å². The first-order valence-corrected chi connectivity index (χ1v) is 5.65.